The van der Waals surface area contributed by atoms with Gasteiger partial charge in [-0.2, -0.15) is 5.10 Å². The molecule has 1 aromatic heterocycles. The molecule has 4 rings (SSSR count). The monoisotopic (exact) mass is 235 g/mol. The lowest BCUT2D eigenvalue weighted by Gasteiger charge is -2.00. The largest absolute Gasteiger partial charge is 0.323 e. The van der Waals surface area contributed by atoms with Crippen LogP contribution in [-0.2, 0) is 0 Å². The van der Waals surface area contributed by atoms with E-state index in [-0.39, 0.29) is 5.56 Å². The predicted molar refractivity (Wildman–Crippen MR) is 71.7 cm³/mol. The first kappa shape index (κ1) is 9.41. The number of H-pyrrole nitrogens is 1. The Kier molecular flexibility index (Phi) is 1.56. The Balaban J connectivity index is 2.62. The van der Waals surface area contributed by atoms with Crippen LogP contribution < -0.4 is 16.8 Å². The number of aromatic nitrogens is 1. The van der Waals surface area contributed by atoms with E-state index in [4.69, 9.17) is 5.84 Å². The maximum Gasteiger partial charge on any atom is 0.256 e. The van der Waals surface area contributed by atoms with Gasteiger partial charge < -0.3 is 10.8 Å². The smallest absolute Gasteiger partial charge is 0.256 e. The number of aromatic amines is 1. The third kappa shape index (κ3) is 0.913. The van der Waals surface area contributed by atoms with Gasteiger partial charge in [-0.25, -0.2) is 0 Å². The molecule has 0 aliphatic rings. The molecule has 1 heterocycles. The van der Waals surface area contributed by atoms with Crippen molar-refractivity contribution >= 4 is 32.4 Å². The highest BCUT2D eigenvalue weighted by Gasteiger charge is 2.15. The van der Waals surface area contributed by atoms with Gasteiger partial charge in [0.1, 0.15) is 0 Å². The summed E-state index contributed by atoms with van der Waals surface area (Å²) >= 11 is 0. The van der Waals surface area contributed by atoms with Crippen molar-refractivity contribution in [3.8, 4) is 0 Å². The molecule has 0 saturated carbocycles. The van der Waals surface area contributed by atoms with Crippen LogP contribution in [-0.4, -0.2) is 4.98 Å². The van der Waals surface area contributed by atoms with E-state index in [1.54, 1.807) is 0 Å². The highest BCUT2D eigenvalue weighted by molar-refractivity contribution is 6.24. The summed E-state index contributed by atoms with van der Waals surface area (Å²) in [4.78, 5) is 14.9. The third-order valence-corrected chi connectivity index (χ3v) is 3.51. The first-order valence-corrected chi connectivity index (χ1v) is 5.67. The van der Waals surface area contributed by atoms with Crippen LogP contribution in [0.2, 0.25) is 0 Å². The van der Waals surface area contributed by atoms with Gasteiger partial charge in [0.2, 0.25) is 0 Å². The number of nitrogens with one attached hydrogen (secondary N) is 1. The Morgan fingerprint density at radius 2 is 1.61 bits per heavy atom. The van der Waals surface area contributed by atoms with Gasteiger partial charge in [-0.15, -0.1) is 0 Å². The summed E-state index contributed by atoms with van der Waals surface area (Å²) in [7, 11) is 0. The van der Waals surface area contributed by atoms with Crippen LogP contribution >= 0.6 is 0 Å². The molecule has 0 saturated heterocycles. The molecule has 86 valence electrons. The molecule has 4 nitrogen and oxygen atoms in total. The highest BCUT2D eigenvalue weighted by Crippen LogP contribution is 2.30. The van der Waals surface area contributed by atoms with Gasteiger partial charge in [0.15, 0.2) is 0 Å². The topological polar surface area (TPSA) is 71.2 Å². The second kappa shape index (κ2) is 2.98. The molecule has 0 amide bonds. The fourth-order valence-corrected chi connectivity index (χ4v) is 2.81. The predicted octanol–water partition coefficient (Wildman–Crippen LogP) is 1.48. The average molecular weight is 235 g/mol. The third-order valence-electron chi connectivity index (χ3n) is 3.51. The van der Waals surface area contributed by atoms with Gasteiger partial charge in [0, 0.05) is 32.4 Å². The number of benzene rings is 2. The molecule has 3 aromatic carbocycles. The molecule has 3 N–H and O–H groups in total. The van der Waals surface area contributed by atoms with Crippen LogP contribution in [0.1, 0.15) is 0 Å². The van der Waals surface area contributed by atoms with Crippen LogP contribution in [0.3, 0.4) is 0 Å². The van der Waals surface area contributed by atoms with Gasteiger partial charge in [-0.1, -0.05) is 24.3 Å². The zero-order valence-electron chi connectivity index (χ0n) is 9.40. The van der Waals surface area contributed by atoms with Crippen LogP contribution in [0.4, 0.5) is 0 Å². The fraction of sp³-hybridized carbons (Fsp3) is 0. The molecule has 0 aliphatic heterocycles. The standard InChI is InChI=1S/C14H9N3O/c15-17-13-7-3-1-5-9-11(7)12-8(13)4-2-6-10(12)16-14(9)18/h1-6H,15H2,(H,16,18). The zero-order chi connectivity index (χ0) is 12.3. The number of hydrogen-bond donors (Lipinski definition) is 2. The van der Waals surface area contributed by atoms with Gasteiger partial charge in [0.05, 0.1) is 5.36 Å². The molecule has 18 heavy (non-hydrogen) atoms. The molecule has 0 fully saturated rings. The van der Waals surface area contributed by atoms with Crippen molar-refractivity contribution in [1.29, 1.82) is 0 Å². The van der Waals surface area contributed by atoms with Crippen molar-refractivity contribution in [2.45, 2.75) is 0 Å². The number of hydrogen-bond acceptors (Lipinski definition) is 3. The fourth-order valence-electron chi connectivity index (χ4n) is 2.81. The Morgan fingerprint density at radius 1 is 0.944 bits per heavy atom. The quantitative estimate of drug-likeness (QED) is 0.275. The number of nitrogens with zero attached hydrogens (tertiary/aromatic N) is 1. The summed E-state index contributed by atoms with van der Waals surface area (Å²) in [6, 6.07) is 11.4. The number of rotatable bonds is 0. The molecule has 0 aliphatic carbocycles. The van der Waals surface area contributed by atoms with Crippen LogP contribution in [0.5, 0.6) is 0 Å². The molecule has 4 aromatic rings. The normalized spacial score (nSPS) is 13.2. The average Bonchev–Trinajstić information content (AvgIpc) is 2.72. The van der Waals surface area contributed by atoms with E-state index < -0.39 is 0 Å². The summed E-state index contributed by atoms with van der Waals surface area (Å²) in [6.07, 6.45) is 0. The number of nitrogens with two attached hydrogens (primary N) is 1. The molecule has 4 heteroatoms. The minimum atomic E-state index is -0.0743. The Bertz CT molecular complexity index is 1000. The lowest BCUT2D eigenvalue weighted by atomic mass is 10.1. The maximum atomic E-state index is 12.0. The Hall–Kier alpha value is -2.62. The minimum Gasteiger partial charge on any atom is -0.323 e. The molecular weight excluding hydrogens is 226 g/mol. The first-order valence-electron chi connectivity index (χ1n) is 5.67. The lowest BCUT2D eigenvalue weighted by Crippen LogP contribution is -2.05. The first-order chi connectivity index (χ1) is 8.81. The van der Waals surface area contributed by atoms with Gasteiger partial charge in [-0.05, 0) is 12.1 Å². The van der Waals surface area contributed by atoms with Crippen molar-refractivity contribution in [3.63, 3.8) is 0 Å². The maximum absolute atomic E-state index is 12.0. The van der Waals surface area contributed by atoms with E-state index in [1.165, 1.54) is 0 Å². The minimum absolute atomic E-state index is 0.0743. The van der Waals surface area contributed by atoms with Gasteiger partial charge in [-0.3, -0.25) is 4.79 Å². The second-order valence-corrected chi connectivity index (χ2v) is 4.39. The second-order valence-electron chi connectivity index (χ2n) is 4.39. The van der Waals surface area contributed by atoms with E-state index in [0.717, 1.165) is 32.4 Å². The molecule has 0 unspecified atom stereocenters. The summed E-state index contributed by atoms with van der Waals surface area (Å²) in [5.41, 5.74) is 0.755. The van der Waals surface area contributed by atoms with E-state index in [9.17, 15) is 4.79 Å². The Morgan fingerprint density at radius 3 is 2.39 bits per heavy atom. The molecule has 0 atom stereocenters. The lowest BCUT2D eigenvalue weighted by molar-refractivity contribution is 1.17. The summed E-state index contributed by atoms with van der Waals surface area (Å²) in [5.74, 6) is 5.50. The summed E-state index contributed by atoms with van der Waals surface area (Å²) in [6.45, 7) is 0. The van der Waals surface area contributed by atoms with E-state index in [2.05, 4.69) is 10.1 Å². The molecule has 0 bridgehead atoms. The summed E-state index contributed by atoms with van der Waals surface area (Å²) in [5, 5.41) is 9.23. The van der Waals surface area contributed by atoms with Gasteiger partial charge >= 0.3 is 0 Å². The van der Waals surface area contributed by atoms with Crippen LogP contribution in [0.25, 0.3) is 32.4 Å². The van der Waals surface area contributed by atoms with Crippen molar-refractivity contribution in [2.24, 2.45) is 10.9 Å². The number of pyridine rings is 1. The SMILES string of the molecule is NN=c1c2cccc3[nH]c(=O)c4cccc1c4c32. The van der Waals surface area contributed by atoms with Crippen molar-refractivity contribution in [3.05, 3.63) is 52.1 Å². The van der Waals surface area contributed by atoms with Crippen LogP contribution in [0, 0.1) is 0 Å². The van der Waals surface area contributed by atoms with E-state index in [1.807, 2.05) is 36.4 Å². The highest BCUT2D eigenvalue weighted by atomic mass is 16.1. The molecule has 0 spiro atoms. The van der Waals surface area contributed by atoms with Crippen molar-refractivity contribution < 1.29 is 0 Å². The van der Waals surface area contributed by atoms with Crippen molar-refractivity contribution in [1.82, 2.24) is 4.98 Å². The Labute approximate surface area is 101 Å². The van der Waals surface area contributed by atoms with E-state index in [0.29, 0.717) is 5.39 Å². The summed E-state index contributed by atoms with van der Waals surface area (Å²) < 4.78 is 0. The van der Waals surface area contributed by atoms with Gasteiger partial charge in [0.25, 0.3) is 5.56 Å². The van der Waals surface area contributed by atoms with Crippen LogP contribution in [0.15, 0.2) is 46.3 Å². The zero-order valence-corrected chi connectivity index (χ0v) is 9.40. The molecule has 0 radical (unpaired) electrons. The van der Waals surface area contributed by atoms with E-state index >= 15 is 0 Å². The molecular formula is C14H9N3O. The van der Waals surface area contributed by atoms with Crippen molar-refractivity contribution in [2.75, 3.05) is 0 Å².